The first kappa shape index (κ1) is 12.0. The molecule has 2 aromatic rings. The normalized spacial score (nSPS) is 13.3. The zero-order valence-electron chi connectivity index (χ0n) is 10.7. The predicted molar refractivity (Wildman–Crippen MR) is 73.6 cm³/mol. The number of ether oxygens (including phenoxy) is 1. The highest BCUT2D eigenvalue weighted by Crippen LogP contribution is 2.26. The molecule has 0 spiro atoms. The SMILES string of the molecule is Nc1ccc(COc2ccc3c(c2)CCC3)c(F)c1. The molecule has 0 aromatic heterocycles. The highest BCUT2D eigenvalue weighted by Gasteiger charge is 2.11. The average molecular weight is 257 g/mol. The maximum absolute atomic E-state index is 13.6. The Morgan fingerprint density at radius 2 is 1.89 bits per heavy atom. The van der Waals surface area contributed by atoms with Crippen molar-refractivity contribution in [2.45, 2.75) is 25.9 Å². The van der Waals surface area contributed by atoms with E-state index < -0.39 is 0 Å². The largest absolute Gasteiger partial charge is 0.489 e. The Morgan fingerprint density at radius 1 is 1.05 bits per heavy atom. The maximum atomic E-state index is 13.6. The highest BCUT2D eigenvalue weighted by molar-refractivity contribution is 5.41. The summed E-state index contributed by atoms with van der Waals surface area (Å²) in [6, 6.07) is 10.8. The summed E-state index contributed by atoms with van der Waals surface area (Å²) in [5.41, 5.74) is 9.23. The molecular formula is C16H16FNO. The molecule has 0 fully saturated rings. The van der Waals surface area contributed by atoms with Gasteiger partial charge < -0.3 is 10.5 Å². The van der Waals surface area contributed by atoms with E-state index in [-0.39, 0.29) is 12.4 Å². The molecule has 2 nitrogen and oxygen atoms in total. The van der Waals surface area contributed by atoms with Gasteiger partial charge in [0.05, 0.1) is 0 Å². The highest BCUT2D eigenvalue weighted by atomic mass is 19.1. The molecule has 0 amide bonds. The molecule has 0 saturated carbocycles. The Morgan fingerprint density at radius 3 is 2.74 bits per heavy atom. The molecule has 0 atom stereocenters. The third kappa shape index (κ3) is 2.55. The van der Waals surface area contributed by atoms with Crippen LogP contribution in [0.2, 0.25) is 0 Å². The van der Waals surface area contributed by atoms with Crippen molar-refractivity contribution in [3.05, 3.63) is 58.9 Å². The number of hydrogen-bond donors (Lipinski definition) is 1. The summed E-state index contributed by atoms with van der Waals surface area (Å²) in [5, 5.41) is 0. The quantitative estimate of drug-likeness (QED) is 0.854. The van der Waals surface area contributed by atoms with E-state index in [2.05, 4.69) is 12.1 Å². The van der Waals surface area contributed by atoms with Gasteiger partial charge >= 0.3 is 0 Å². The Balaban J connectivity index is 1.72. The van der Waals surface area contributed by atoms with Gasteiger partial charge in [0.15, 0.2) is 0 Å². The molecule has 0 aliphatic heterocycles. The fourth-order valence-corrected chi connectivity index (χ4v) is 2.48. The Kier molecular flexibility index (Phi) is 3.11. The van der Waals surface area contributed by atoms with Crippen LogP contribution in [0.3, 0.4) is 0 Å². The van der Waals surface area contributed by atoms with Crippen LogP contribution >= 0.6 is 0 Å². The summed E-state index contributed by atoms with van der Waals surface area (Å²) in [6.45, 7) is 0.227. The van der Waals surface area contributed by atoms with Crippen molar-refractivity contribution < 1.29 is 9.13 Å². The summed E-state index contributed by atoms with van der Waals surface area (Å²) < 4.78 is 19.3. The summed E-state index contributed by atoms with van der Waals surface area (Å²) >= 11 is 0. The first-order valence-corrected chi connectivity index (χ1v) is 6.51. The van der Waals surface area contributed by atoms with E-state index in [0.717, 1.165) is 18.6 Å². The number of nitrogen functional groups attached to an aromatic ring is 1. The molecule has 0 unspecified atom stereocenters. The number of hydrogen-bond acceptors (Lipinski definition) is 2. The van der Waals surface area contributed by atoms with Gasteiger partial charge in [0, 0.05) is 11.3 Å². The lowest BCUT2D eigenvalue weighted by Crippen LogP contribution is -2.00. The van der Waals surface area contributed by atoms with Gasteiger partial charge in [-0.25, -0.2) is 4.39 Å². The van der Waals surface area contributed by atoms with Gasteiger partial charge in [-0.05, 0) is 54.7 Å². The molecule has 2 N–H and O–H groups in total. The van der Waals surface area contributed by atoms with Crippen LogP contribution < -0.4 is 10.5 Å². The molecule has 0 bridgehead atoms. The van der Waals surface area contributed by atoms with Crippen molar-refractivity contribution in [1.29, 1.82) is 0 Å². The number of rotatable bonds is 3. The van der Waals surface area contributed by atoms with Crippen molar-refractivity contribution in [2.75, 3.05) is 5.73 Å². The number of aryl methyl sites for hydroxylation is 2. The maximum Gasteiger partial charge on any atom is 0.131 e. The van der Waals surface area contributed by atoms with Crippen LogP contribution in [0.1, 0.15) is 23.1 Å². The first-order chi connectivity index (χ1) is 9.22. The standard InChI is InChI=1S/C16H16FNO/c17-16-9-14(18)6-4-13(16)10-19-15-7-5-11-2-1-3-12(11)8-15/h4-9H,1-3,10,18H2. The molecule has 0 radical (unpaired) electrons. The predicted octanol–water partition coefficient (Wildman–Crippen LogP) is 3.48. The van der Waals surface area contributed by atoms with Crippen LogP contribution in [0, 0.1) is 5.82 Å². The number of benzene rings is 2. The van der Waals surface area contributed by atoms with Gasteiger partial charge in [0.1, 0.15) is 18.2 Å². The number of anilines is 1. The van der Waals surface area contributed by atoms with E-state index in [1.54, 1.807) is 12.1 Å². The van der Waals surface area contributed by atoms with Crippen LogP contribution in [0.15, 0.2) is 36.4 Å². The molecule has 98 valence electrons. The summed E-state index contributed by atoms with van der Waals surface area (Å²) in [6.07, 6.45) is 3.48. The first-order valence-electron chi connectivity index (χ1n) is 6.51. The molecule has 2 aromatic carbocycles. The van der Waals surface area contributed by atoms with Gasteiger partial charge in [0.2, 0.25) is 0 Å². The fraction of sp³-hybridized carbons (Fsp3) is 0.250. The van der Waals surface area contributed by atoms with E-state index in [0.29, 0.717) is 11.3 Å². The average Bonchev–Trinajstić information content (AvgIpc) is 2.85. The van der Waals surface area contributed by atoms with E-state index in [1.807, 2.05) is 6.07 Å². The van der Waals surface area contributed by atoms with Crippen molar-refractivity contribution >= 4 is 5.69 Å². The zero-order chi connectivity index (χ0) is 13.2. The fourth-order valence-electron chi connectivity index (χ4n) is 2.48. The van der Waals surface area contributed by atoms with Gasteiger partial charge in [-0.15, -0.1) is 0 Å². The second kappa shape index (κ2) is 4.92. The molecule has 0 saturated heterocycles. The second-order valence-corrected chi connectivity index (χ2v) is 4.92. The Labute approximate surface area is 112 Å². The molecule has 0 heterocycles. The minimum atomic E-state index is -0.318. The van der Waals surface area contributed by atoms with Crippen LogP contribution in [0.25, 0.3) is 0 Å². The minimum absolute atomic E-state index is 0.227. The van der Waals surface area contributed by atoms with Crippen LogP contribution in [0.4, 0.5) is 10.1 Å². The van der Waals surface area contributed by atoms with Crippen LogP contribution in [0.5, 0.6) is 5.75 Å². The van der Waals surface area contributed by atoms with Gasteiger partial charge in [-0.3, -0.25) is 0 Å². The lowest BCUT2D eigenvalue weighted by molar-refractivity contribution is 0.299. The second-order valence-electron chi connectivity index (χ2n) is 4.92. The van der Waals surface area contributed by atoms with Crippen molar-refractivity contribution in [3.63, 3.8) is 0 Å². The summed E-state index contributed by atoms with van der Waals surface area (Å²) in [5.74, 6) is 0.484. The molecule has 3 rings (SSSR count). The smallest absolute Gasteiger partial charge is 0.131 e. The lowest BCUT2D eigenvalue weighted by atomic mass is 10.1. The van der Waals surface area contributed by atoms with E-state index in [4.69, 9.17) is 10.5 Å². The van der Waals surface area contributed by atoms with E-state index >= 15 is 0 Å². The van der Waals surface area contributed by atoms with Crippen molar-refractivity contribution in [1.82, 2.24) is 0 Å². The molecular weight excluding hydrogens is 241 g/mol. The molecule has 1 aliphatic carbocycles. The molecule has 19 heavy (non-hydrogen) atoms. The van der Waals surface area contributed by atoms with Crippen molar-refractivity contribution in [2.24, 2.45) is 0 Å². The number of fused-ring (bicyclic) bond motifs is 1. The van der Waals surface area contributed by atoms with Gasteiger partial charge in [-0.1, -0.05) is 12.1 Å². The number of halogens is 1. The summed E-state index contributed by atoms with van der Waals surface area (Å²) in [7, 11) is 0. The van der Waals surface area contributed by atoms with E-state index in [1.165, 1.54) is 23.6 Å². The topological polar surface area (TPSA) is 35.2 Å². The van der Waals surface area contributed by atoms with Crippen molar-refractivity contribution in [3.8, 4) is 5.75 Å². The number of nitrogens with two attached hydrogens (primary N) is 1. The van der Waals surface area contributed by atoms with Crippen LogP contribution in [-0.4, -0.2) is 0 Å². The Hall–Kier alpha value is -2.03. The molecule has 1 aliphatic rings. The summed E-state index contributed by atoms with van der Waals surface area (Å²) in [4.78, 5) is 0. The third-order valence-corrected chi connectivity index (χ3v) is 3.54. The zero-order valence-corrected chi connectivity index (χ0v) is 10.7. The van der Waals surface area contributed by atoms with Crippen LogP contribution in [-0.2, 0) is 19.4 Å². The van der Waals surface area contributed by atoms with Gasteiger partial charge in [-0.2, -0.15) is 0 Å². The lowest BCUT2D eigenvalue weighted by Gasteiger charge is -2.09. The van der Waals surface area contributed by atoms with E-state index in [9.17, 15) is 4.39 Å². The molecule has 3 heteroatoms. The minimum Gasteiger partial charge on any atom is -0.489 e. The monoisotopic (exact) mass is 257 g/mol. The Bertz CT molecular complexity index is 610. The third-order valence-electron chi connectivity index (χ3n) is 3.54. The van der Waals surface area contributed by atoms with Gasteiger partial charge in [0.25, 0.3) is 0 Å².